The first-order chi connectivity index (χ1) is 25.8. The summed E-state index contributed by atoms with van der Waals surface area (Å²) < 4.78 is 88.8. The summed E-state index contributed by atoms with van der Waals surface area (Å²) in [5, 5.41) is 0. The van der Waals surface area contributed by atoms with Crippen LogP contribution < -0.4 is 5.73 Å². The highest BCUT2D eigenvalue weighted by Gasteiger charge is 2.64. The molecule has 2 N–H and O–H groups in total. The average molecular weight is 781 g/mol. The summed E-state index contributed by atoms with van der Waals surface area (Å²) in [6.07, 6.45) is -7.51. The summed E-state index contributed by atoms with van der Waals surface area (Å²) in [6, 6.07) is 10.7. The number of benzene rings is 2. The number of nitrogens with two attached hydrogens (primary N) is 1. The molecular weight excluding hydrogens is 735 g/mol. The highest BCUT2D eigenvalue weighted by Crippen LogP contribution is 2.45. The van der Waals surface area contributed by atoms with Crippen molar-refractivity contribution >= 4 is 29.6 Å². The van der Waals surface area contributed by atoms with Gasteiger partial charge in [0.05, 0.1) is 37.7 Å². The second kappa shape index (κ2) is 17.8. The lowest BCUT2D eigenvalue weighted by Crippen LogP contribution is -2.55. The third-order valence-corrected chi connectivity index (χ3v) is 9.17. The fourth-order valence-electron chi connectivity index (χ4n) is 6.14. The highest BCUT2D eigenvalue weighted by molar-refractivity contribution is 6.09. The van der Waals surface area contributed by atoms with Crippen molar-refractivity contribution in [1.29, 1.82) is 0 Å². The molecule has 3 atom stereocenters. The monoisotopic (exact) mass is 780 g/mol. The third-order valence-electron chi connectivity index (χ3n) is 9.17. The number of nitrogens with zero attached hydrogens (tertiary/aromatic N) is 3. The van der Waals surface area contributed by atoms with Gasteiger partial charge in [0, 0.05) is 44.1 Å². The van der Waals surface area contributed by atoms with E-state index in [0.717, 1.165) is 36.4 Å². The maximum atomic E-state index is 15.4. The minimum atomic E-state index is -6.34. The predicted molar refractivity (Wildman–Crippen MR) is 187 cm³/mol. The number of morpholine rings is 1. The van der Waals surface area contributed by atoms with E-state index >= 15 is 8.78 Å². The third kappa shape index (κ3) is 9.93. The number of hydrogen-bond donors (Lipinski definition) is 1. The Hall–Kier alpha value is -4.74. The first-order valence-electron chi connectivity index (χ1n) is 17.7. The molecule has 0 radical (unpaired) electrons. The van der Waals surface area contributed by atoms with Gasteiger partial charge >= 0.3 is 18.1 Å². The van der Waals surface area contributed by atoms with Gasteiger partial charge in [0.2, 0.25) is 11.7 Å². The average Bonchev–Trinajstić information content (AvgIpc) is 3.58. The Labute approximate surface area is 315 Å². The number of carbonyl (C=O) groups excluding carboxylic acids is 5. The van der Waals surface area contributed by atoms with Crippen LogP contribution in [0.15, 0.2) is 66.1 Å². The summed E-state index contributed by atoms with van der Waals surface area (Å²) in [7, 11) is 0. The first-order valence-corrected chi connectivity index (χ1v) is 17.7. The van der Waals surface area contributed by atoms with Gasteiger partial charge in [-0.15, -0.1) is 0 Å². The van der Waals surface area contributed by atoms with Crippen molar-refractivity contribution in [3.8, 4) is 0 Å². The molecule has 2 aliphatic heterocycles. The number of carbonyl (C=O) groups is 5. The Balaban J connectivity index is 1.87. The fraction of sp³-hybridized carbons (Fsp3) is 0.500. The van der Waals surface area contributed by atoms with Crippen LogP contribution in [0.2, 0.25) is 0 Å². The van der Waals surface area contributed by atoms with Crippen LogP contribution in [0, 0.1) is 11.8 Å². The summed E-state index contributed by atoms with van der Waals surface area (Å²) >= 11 is 0. The first kappa shape index (κ1) is 43.0. The van der Waals surface area contributed by atoms with Crippen LogP contribution in [-0.4, -0.2) is 107 Å². The number of ether oxygens (including phenoxy) is 3. The van der Waals surface area contributed by atoms with Gasteiger partial charge in [0.1, 0.15) is 6.04 Å². The van der Waals surface area contributed by atoms with Crippen molar-refractivity contribution in [1.82, 2.24) is 14.7 Å². The number of esters is 1. The molecule has 0 aromatic heterocycles. The number of halogens is 5. The van der Waals surface area contributed by atoms with E-state index in [9.17, 15) is 37.1 Å². The Kier molecular flexibility index (Phi) is 13.9. The maximum Gasteiger partial charge on any atom is 0.461 e. The molecule has 2 fully saturated rings. The summed E-state index contributed by atoms with van der Waals surface area (Å²) in [6.45, 7) is 7.12. The molecule has 0 saturated carbocycles. The summed E-state index contributed by atoms with van der Waals surface area (Å²) in [4.78, 5) is 70.9. The number of amides is 4. The highest BCUT2D eigenvalue weighted by atomic mass is 19.4. The number of allylic oxidation sites excluding steroid dienone is 2. The molecule has 17 heteroatoms. The smallest absolute Gasteiger partial charge is 0.422 e. The SMILES string of the molecule is CC(=O)O/C(=C(\C(C)C)N(C(=O)c1ccc(C(=O)N2CCOCC2)cc1)C(=O)[C@@H]1C[C@@H](OCc2ccccc2)CN1C(=O)[C@@H](N)C(C)C)C(F)(F)C(F)(F)F. The van der Waals surface area contributed by atoms with Gasteiger partial charge < -0.3 is 29.7 Å². The van der Waals surface area contributed by atoms with Crippen LogP contribution in [0.1, 0.15) is 67.3 Å². The minimum absolute atomic E-state index is 0.0361. The second-order valence-electron chi connectivity index (χ2n) is 13.9. The van der Waals surface area contributed by atoms with Gasteiger partial charge in [-0.2, -0.15) is 22.0 Å². The van der Waals surface area contributed by atoms with E-state index in [0.29, 0.717) is 33.2 Å². The molecule has 0 unspecified atom stereocenters. The van der Waals surface area contributed by atoms with Crippen molar-refractivity contribution in [3.63, 3.8) is 0 Å². The lowest BCUT2D eigenvalue weighted by molar-refractivity contribution is -0.276. The summed E-state index contributed by atoms with van der Waals surface area (Å²) in [5.74, 6) is -15.6. The van der Waals surface area contributed by atoms with Gasteiger partial charge in [0.15, 0.2) is 0 Å². The van der Waals surface area contributed by atoms with Gasteiger partial charge in [-0.1, -0.05) is 58.0 Å². The van der Waals surface area contributed by atoms with Crippen LogP contribution in [0.25, 0.3) is 0 Å². The van der Waals surface area contributed by atoms with E-state index < -0.39 is 88.7 Å². The molecule has 300 valence electrons. The van der Waals surface area contributed by atoms with Gasteiger partial charge in [-0.25, -0.2) is 4.90 Å². The Bertz CT molecular complexity index is 1750. The van der Waals surface area contributed by atoms with Crippen LogP contribution in [0.5, 0.6) is 0 Å². The van der Waals surface area contributed by atoms with E-state index in [1.165, 1.54) is 17.0 Å². The number of likely N-dealkylation sites (tertiary alicyclic amines) is 1. The van der Waals surface area contributed by atoms with E-state index in [1.807, 2.05) is 0 Å². The largest absolute Gasteiger partial charge is 0.461 e. The van der Waals surface area contributed by atoms with Crippen LogP contribution in [-0.2, 0) is 35.2 Å². The van der Waals surface area contributed by atoms with Crippen molar-refractivity contribution in [2.24, 2.45) is 17.6 Å². The quantitative estimate of drug-likeness (QED) is 0.137. The molecule has 0 aliphatic carbocycles. The van der Waals surface area contributed by atoms with E-state index in [1.54, 1.807) is 44.2 Å². The van der Waals surface area contributed by atoms with E-state index in [-0.39, 0.29) is 30.0 Å². The zero-order chi connectivity index (χ0) is 40.8. The topological polar surface area (TPSA) is 149 Å². The zero-order valence-corrected chi connectivity index (χ0v) is 31.1. The molecule has 0 spiro atoms. The van der Waals surface area contributed by atoms with E-state index in [2.05, 4.69) is 4.74 Å². The standard InChI is InChI=1S/C38H45F5N4O8/c1-22(2)30(44)36(52)46-20-28(54-21-25-9-7-6-8-10-25)19-29(46)35(51)47(31(23(3)4)32(55-24(5)48)37(39,40)38(41,42)43)34(50)27-13-11-26(12-14-27)33(49)45-15-17-53-18-16-45/h6-14,22-23,28-30H,15-21,44H2,1-5H3/b32-31+/t28-,29+,30+/m1/s1. The number of hydrogen-bond acceptors (Lipinski definition) is 9. The predicted octanol–water partition coefficient (Wildman–Crippen LogP) is 4.93. The molecule has 0 bridgehead atoms. The van der Waals surface area contributed by atoms with Crippen molar-refractivity contribution in [3.05, 3.63) is 82.7 Å². The van der Waals surface area contributed by atoms with Crippen LogP contribution in [0.4, 0.5) is 22.0 Å². The lowest BCUT2D eigenvalue weighted by atomic mass is 9.99. The molecule has 2 aliphatic rings. The van der Waals surface area contributed by atoms with Crippen LogP contribution >= 0.6 is 0 Å². The molecule has 12 nitrogen and oxygen atoms in total. The Morgan fingerprint density at radius 1 is 0.909 bits per heavy atom. The zero-order valence-electron chi connectivity index (χ0n) is 31.1. The fourth-order valence-corrected chi connectivity index (χ4v) is 6.14. The molecular formula is C38H45F5N4O8. The van der Waals surface area contributed by atoms with Gasteiger partial charge in [-0.3, -0.25) is 24.0 Å². The molecule has 2 aromatic rings. The molecule has 4 rings (SSSR count). The number of alkyl halides is 5. The van der Waals surface area contributed by atoms with Crippen molar-refractivity contribution in [2.75, 3.05) is 32.8 Å². The lowest BCUT2D eigenvalue weighted by Gasteiger charge is -2.35. The summed E-state index contributed by atoms with van der Waals surface area (Å²) in [5.41, 5.74) is 5.39. The number of imide groups is 1. The molecule has 2 saturated heterocycles. The Morgan fingerprint density at radius 3 is 2.02 bits per heavy atom. The maximum absolute atomic E-state index is 15.4. The molecule has 2 aromatic carbocycles. The normalized spacial score (nSPS) is 18.9. The minimum Gasteiger partial charge on any atom is -0.422 e. The van der Waals surface area contributed by atoms with Gasteiger partial charge in [0.25, 0.3) is 17.7 Å². The number of rotatable bonds is 12. The second-order valence-corrected chi connectivity index (χ2v) is 13.9. The van der Waals surface area contributed by atoms with Crippen molar-refractivity contribution in [2.45, 2.75) is 77.9 Å². The van der Waals surface area contributed by atoms with E-state index in [4.69, 9.17) is 15.2 Å². The molecule has 2 heterocycles. The van der Waals surface area contributed by atoms with Crippen molar-refractivity contribution < 1.29 is 60.1 Å². The molecule has 55 heavy (non-hydrogen) atoms. The molecule has 4 amide bonds. The van der Waals surface area contributed by atoms with Crippen LogP contribution in [0.3, 0.4) is 0 Å². The Morgan fingerprint density at radius 2 is 1.49 bits per heavy atom. The van der Waals surface area contributed by atoms with Gasteiger partial charge in [-0.05, 0) is 41.7 Å².